The summed E-state index contributed by atoms with van der Waals surface area (Å²) >= 11 is 1.69. The average Bonchev–Trinajstić information content (AvgIpc) is 3.05. The van der Waals surface area contributed by atoms with Gasteiger partial charge in [-0.1, -0.05) is 19.9 Å². The van der Waals surface area contributed by atoms with E-state index in [-0.39, 0.29) is 12.5 Å². The van der Waals surface area contributed by atoms with E-state index >= 15 is 0 Å². The van der Waals surface area contributed by atoms with Crippen molar-refractivity contribution in [2.75, 3.05) is 40.4 Å². The summed E-state index contributed by atoms with van der Waals surface area (Å²) in [5.41, 5.74) is 0. The van der Waals surface area contributed by atoms with Crippen LogP contribution in [0, 0.1) is 5.92 Å². The van der Waals surface area contributed by atoms with Crippen LogP contribution in [-0.2, 0) is 16.1 Å². The van der Waals surface area contributed by atoms with Crippen LogP contribution in [0.3, 0.4) is 0 Å². The summed E-state index contributed by atoms with van der Waals surface area (Å²) in [6, 6.07) is 4.09. The lowest BCUT2D eigenvalue weighted by Crippen LogP contribution is -2.38. The predicted octanol–water partition coefficient (Wildman–Crippen LogP) is 1.93. The van der Waals surface area contributed by atoms with Gasteiger partial charge in [0.1, 0.15) is 6.54 Å². The summed E-state index contributed by atoms with van der Waals surface area (Å²) in [6.45, 7) is 7.37. The molecule has 24 heavy (non-hydrogen) atoms. The molecule has 0 saturated heterocycles. The Morgan fingerprint density at radius 1 is 1.38 bits per heavy atom. The smallest absolute Gasteiger partial charge is 0.243 e. The van der Waals surface area contributed by atoms with Crippen molar-refractivity contribution in [2.24, 2.45) is 10.9 Å². The molecular weight excluding hydrogens is 324 g/mol. The van der Waals surface area contributed by atoms with Gasteiger partial charge in [0.05, 0.1) is 6.54 Å². The Morgan fingerprint density at radius 2 is 2.17 bits per heavy atom. The summed E-state index contributed by atoms with van der Waals surface area (Å²) in [4.78, 5) is 18.8. The number of carbonyl (C=O) groups is 1. The second kappa shape index (κ2) is 11.9. The number of hydrogen-bond acceptors (Lipinski definition) is 4. The quantitative estimate of drug-likeness (QED) is 0.383. The highest BCUT2D eigenvalue weighted by Crippen LogP contribution is 2.07. The minimum Gasteiger partial charge on any atom is -0.381 e. The lowest BCUT2D eigenvalue weighted by molar-refractivity contribution is -0.127. The van der Waals surface area contributed by atoms with Crippen LogP contribution in [0.4, 0.5) is 0 Å². The number of nitrogens with zero attached hydrogens (tertiary/aromatic N) is 2. The number of hydrogen-bond donors (Lipinski definition) is 2. The molecule has 0 atom stereocenters. The van der Waals surface area contributed by atoms with Crippen molar-refractivity contribution in [1.29, 1.82) is 0 Å². The molecule has 0 radical (unpaired) electrons. The molecule has 0 fully saturated rings. The second-order valence-electron chi connectivity index (χ2n) is 6.14. The van der Waals surface area contributed by atoms with Crippen molar-refractivity contribution in [3.05, 3.63) is 22.4 Å². The van der Waals surface area contributed by atoms with Gasteiger partial charge in [-0.25, -0.2) is 4.99 Å². The largest absolute Gasteiger partial charge is 0.381 e. The topological polar surface area (TPSA) is 66.0 Å². The first kappa shape index (κ1) is 20.4. The molecule has 2 N–H and O–H groups in total. The second-order valence-corrected chi connectivity index (χ2v) is 7.17. The molecule has 1 heterocycles. The van der Waals surface area contributed by atoms with E-state index in [0.717, 1.165) is 26.2 Å². The predicted molar refractivity (Wildman–Crippen MR) is 100 cm³/mol. The number of nitrogens with one attached hydrogen (secondary N) is 2. The fourth-order valence-electron chi connectivity index (χ4n) is 1.75. The first-order valence-electron chi connectivity index (χ1n) is 8.31. The minimum atomic E-state index is -0.0208. The Kier molecular flexibility index (Phi) is 10.1. The molecule has 0 aliphatic rings. The molecule has 1 amide bonds. The standard InChI is InChI=1S/C17H30N4O2S/c1-14(2)13-23-9-6-8-18-17(20-12-16(22)21(3)4)19-11-15-7-5-10-24-15/h5,7,10,14H,6,8-9,11-13H2,1-4H3,(H2,18,19,20). The Morgan fingerprint density at radius 3 is 2.79 bits per heavy atom. The van der Waals surface area contributed by atoms with Gasteiger partial charge in [0.2, 0.25) is 5.91 Å². The van der Waals surface area contributed by atoms with Crippen LogP contribution in [0.5, 0.6) is 0 Å². The molecule has 1 rings (SSSR count). The third-order valence-corrected chi connectivity index (χ3v) is 3.97. The molecule has 0 aromatic carbocycles. The number of guanidine groups is 1. The maximum Gasteiger partial charge on any atom is 0.243 e. The Labute approximate surface area is 149 Å². The van der Waals surface area contributed by atoms with Gasteiger partial charge in [0, 0.05) is 38.7 Å². The SMILES string of the molecule is CC(C)COCCCNC(=NCC(=O)N(C)C)NCc1cccs1. The van der Waals surface area contributed by atoms with Crippen molar-refractivity contribution < 1.29 is 9.53 Å². The van der Waals surface area contributed by atoms with Crippen LogP contribution in [0.15, 0.2) is 22.5 Å². The molecule has 1 aromatic heterocycles. The van der Waals surface area contributed by atoms with Crippen molar-refractivity contribution in [2.45, 2.75) is 26.8 Å². The van der Waals surface area contributed by atoms with Gasteiger partial charge < -0.3 is 20.3 Å². The summed E-state index contributed by atoms with van der Waals surface area (Å²) in [5.74, 6) is 1.19. The number of likely N-dealkylation sites (N-methyl/N-ethyl adjacent to an activating group) is 1. The first-order valence-corrected chi connectivity index (χ1v) is 9.19. The van der Waals surface area contributed by atoms with Gasteiger partial charge in [-0.05, 0) is 23.8 Å². The summed E-state index contributed by atoms with van der Waals surface area (Å²) < 4.78 is 5.57. The minimum absolute atomic E-state index is 0.0208. The maximum atomic E-state index is 11.7. The molecule has 0 bridgehead atoms. The Bertz CT molecular complexity index is 487. The zero-order valence-electron chi connectivity index (χ0n) is 15.2. The van der Waals surface area contributed by atoms with E-state index in [4.69, 9.17) is 4.74 Å². The van der Waals surface area contributed by atoms with E-state index in [1.54, 1.807) is 30.3 Å². The van der Waals surface area contributed by atoms with Gasteiger partial charge in [-0.2, -0.15) is 0 Å². The molecular formula is C17H30N4O2S. The van der Waals surface area contributed by atoms with Gasteiger partial charge in [0.25, 0.3) is 0 Å². The highest BCUT2D eigenvalue weighted by Gasteiger charge is 2.05. The van der Waals surface area contributed by atoms with Crippen LogP contribution in [0.25, 0.3) is 0 Å². The van der Waals surface area contributed by atoms with E-state index in [9.17, 15) is 4.79 Å². The van der Waals surface area contributed by atoms with Crippen LogP contribution in [0.1, 0.15) is 25.1 Å². The van der Waals surface area contributed by atoms with Crippen molar-refractivity contribution in [1.82, 2.24) is 15.5 Å². The van der Waals surface area contributed by atoms with Crippen molar-refractivity contribution in [3.63, 3.8) is 0 Å². The van der Waals surface area contributed by atoms with Gasteiger partial charge >= 0.3 is 0 Å². The van der Waals surface area contributed by atoms with Crippen LogP contribution in [-0.4, -0.2) is 57.2 Å². The van der Waals surface area contributed by atoms with Gasteiger partial charge in [-0.15, -0.1) is 11.3 Å². The summed E-state index contributed by atoms with van der Waals surface area (Å²) in [7, 11) is 3.46. The molecule has 7 heteroatoms. The monoisotopic (exact) mass is 354 g/mol. The van der Waals surface area contributed by atoms with E-state index in [2.05, 4.69) is 35.5 Å². The molecule has 0 aliphatic carbocycles. The van der Waals surface area contributed by atoms with E-state index in [1.165, 1.54) is 4.88 Å². The molecule has 6 nitrogen and oxygen atoms in total. The molecule has 136 valence electrons. The normalized spacial score (nSPS) is 11.6. The third-order valence-electron chi connectivity index (χ3n) is 3.09. The first-order chi connectivity index (χ1) is 11.5. The van der Waals surface area contributed by atoms with Crippen LogP contribution < -0.4 is 10.6 Å². The fourth-order valence-corrected chi connectivity index (χ4v) is 2.39. The van der Waals surface area contributed by atoms with E-state index < -0.39 is 0 Å². The zero-order valence-corrected chi connectivity index (χ0v) is 16.0. The molecule has 1 aromatic rings. The lowest BCUT2D eigenvalue weighted by Gasteiger charge is -2.13. The number of aliphatic imine (C=N–C) groups is 1. The highest BCUT2D eigenvalue weighted by molar-refractivity contribution is 7.09. The molecule has 0 spiro atoms. The Hall–Kier alpha value is -1.60. The maximum absolute atomic E-state index is 11.7. The Balaban J connectivity index is 2.38. The summed E-state index contributed by atoms with van der Waals surface area (Å²) in [6.07, 6.45) is 0.897. The highest BCUT2D eigenvalue weighted by atomic mass is 32.1. The van der Waals surface area contributed by atoms with Crippen molar-refractivity contribution >= 4 is 23.2 Å². The van der Waals surface area contributed by atoms with Gasteiger partial charge in [-0.3, -0.25) is 4.79 Å². The number of ether oxygens (including phenoxy) is 1. The van der Waals surface area contributed by atoms with E-state index in [0.29, 0.717) is 18.4 Å². The molecule has 0 unspecified atom stereocenters. The van der Waals surface area contributed by atoms with Gasteiger partial charge in [0.15, 0.2) is 5.96 Å². The lowest BCUT2D eigenvalue weighted by atomic mass is 10.2. The zero-order chi connectivity index (χ0) is 17.8. The number of amides is 1. The molecule has 0 saturated carbocycles. The van der Waals surface area contributed by atoms with Crippen molar-refractivity contribution in [3.8, 4) is 0 Å². The third kappa shape index (κ3) is 9.52. The number of rotatable bonds is 10. The number of thiophene rings is 1. The average molecular weight is 355 g/mol. The molecule has 0 aliphatic heterocycles. The summed E-state index contributed by atoms with van der Waals surface area (Å²) in [5, 5.41) is 8.57. The number of carbonyl (C=O) groups excluding carboxylic acids is 1. The van der Waals surface area contributed by atoms with Crippen LogP contribution >= 0.6 is 11.3 Å². The van der Waals surface area contributed by atoms with Crippen LogP contribution in [0.2, 0.25) is 0 Å². The fraction of sp³-hybridized carbons (Fsp3) is 0.647. The van der Waals surface area contributed by atoms with E-state index in [1.807, 2.05) is 11.4 Å².